The first-order valence-corrected chi connectivity index (χ1v) is 7.23. The quantitative estimate of drug-likeness (QED) is 0.880. The number of aryl methyl sites for hydroxylation is 1. The normalized spacial score (nSPS) is 19.6. The van der Waals surface area contributed by atoms with Gasteiger partial charge in [-0.25, -0.2) is 4.98 Å². The summed E-state index contributed by atoms with van der Waals surface area (Å²) in [5, 5.41) is 0. The molecule has 0 fully saturated rings. The first kappa shape index (κ1) is 14.1. The minimum absolute atomic E-state index is 0. The number of nitrogens with zero attached hydrogens (tertiary/aromatic N) is 2. The monoisotopic (exact) mass is 303 g/mol. The number of H-pyrrole nitrogens is 1. The Morgan fingerprint density at radius 1 is 1.29 bits per heavy atom. The van der Waals surface area contributed by atoms with Crippen LogP contribution < -0.4 is 4.90 Å². The maximum atomic E-state index is 12.8. The number of imidazole rings is 1. The Balaban J connectivity index is 0.00000132. The lowest BCUT2D eigenvalue weighted by molar-refractivity contribution is -0.122. The van der Waals surface area contributed by atoms with E-state index >= 15 is 0 Å². The first-order valence-electron chi connectivity index (χ1n) is 7.23. The van der Waals surface area contributed by atoms with Gasteiger partial charge in [0.25, 0.3) is 0 Å². The van der Waals surface area contributed by atoms with E-state index in [1.807, 2.05) is 17.0 Å². The molecular formula is C16H18ClN3O. The summed E-state index contributed by atoms with van der Waals surface area (Å²) in [7, 11) is 0. The Morgan fingerprint density at radius 3 is 3.05 bits per heavy atom. The largest absolute Gasteiger partial charge is 0.348 e. The molecule has 1 aromatic heterocycles. The molecule has 2 aliphatic rings. The molecule has 0 saturated carbocycles. The number of amides is 1. The van der Waals surface area contributed by atoms with Crippen LogP contribution in [0.3, 0.4) is 0 Å². The zero-order valence-electron chi connectivity index (χ0n) is 11.7. The molecule has 0 radical (unpaired) electrons. The molecule has 1 aliphatic heterocycles. The number of halogens is 1. The third-order valence-electron chi connectivity index (χ3n) is 4.49. The van der Waals surface area contributed by atoms with E-state index in [-0.39, 0.29) is 24.2 Å². The van der Waals surface area contributed by atoms with Crippen molar-refractivity contribution in [1.29, 1.82) is 0 Å². The molecule has 0 bridgehead atoms. The van der Waals surface area contributed by atoms with Crippen LogP contribution in [0.25, 0.3) is 0 Å². The Bertz CT molecular complexity index is 667. The van der Waals surface area contributed by atoms with Gasteiger partial charge < -0.3 is 9.88 Å². The van der Waals surface area contributed by atoms with E-state index in [0.29, 0.717) is 0 Å². The average Bonchev–Trinajstić information content (AvgIpc) is 3.12. The fraction of sp³-hybridized carbons (Fsp3) is 0.375. The molecule has 1 atom stereocenters. The molecule has 2 aromatic rings. The van der Waals surface area contributed by atoms with Crippen LogP contribution >= 0.6 is 12.4 Å². The summed E-state index contributed by atoms with van der Waals surface area (Å²) >= 11 is 0. The van der Waals surface area contributed by atoms with Crippen molar-refractivity contribution in [1.82, 2.24) is 9.97 Å². The highest BCUT2D eigenvalue weighted by molar-refractivity contribution is 5.97. The van der Waals surface area contributed by atoms with Gasteiger partial charge in [0.2, 0.25) is 5.91 Å². The van der Waals surface area contributed by atoms with E-state index in [1.54, 1.807) is 6.33 Å². The van der Waals surface area contributed by atoms with Crippen molar-refractivity contribution in [2.45, 2.75) is 25.7 Å². The van der Waals surface area contributed by atoms with Crippen molar-refractivity contribution in [2.24, 2.45) is 5.92 Å². The van der Waals surface area contributed by atoms with Crippen LogP contribution in [0.15, 0.2) is 30.6 Å². The first-order chi connectivity index (χ1) is 9.83. The molecule has 21 heavy (non-hydrogen) atoms. The number of carbonyl (C=O) groups is 1. The fourth-order valence-corrected chi connectivity index (χ4v) is 3.40. The van der Waals surface area contributed by atoms with Gasteiger partial charge in [0.1, 0.15) is 0 Å². The number of para-hydroxylation sites is 1. The number of aromatic nitrogens is 2. The highest BCUT2D eigenvalue weighted by Gasteiger charge is 2.32. The number of fused-ring (bicyclic) bond motifs is 2. The molecule has 4 rings (SSSR count). The molecule has 1 N–H and O–H groups in total. The number of hydrogen-bond acceptors (Lipinski definition) is 2. The second-order valence-corrected chi connectivity index (χ2v) is 5.64. The van der Waals surface area contributed by atoms with E-state index in [1.165, 1.54) is 5.56 Å². The Labute approximate surface area is 130 Å². The Kier molecular flexibility index (Phi) is 3.72. The predicted octanol–water partition coefficient (Wildman–Crippen LogP) is 2.53. The molecule has 1 amide bonds. The molecule has 0 saturated heterocycles. The number of nitrogens with one attached hydrogen (secondary N) is 1. The van der Waals surface area contributed by atoms with Crippen LogP contribution in [0.1, 0.15) is 23.4 Å². The van der Waals surface area contributed by atoms with Gasteiger partial charge in [-0.3, -0.25) is 4.79 Å². The van der Waals surface area contributed by atoms with Crippen molar-refractivity contribution in [3.8, 4) is 0 Å². The van der Waals surface area contributed by atoms with Gasteiger partial charge >= 0.3 is 0 Å². The molecule has 1 aliphatic carbocycles. The highest BCUT2D eigenvalue weighted by Crippen LogP contribution is 2.31. The van der Waals surface area contributed by atoms with Crippen molar-refractivity contribution in [3.63, 3.8) is 0 Å². The highest BCUT2D eigenvalue weighted by atomic mass is 35.5. The smallest absolute Gasteiger partial charge is 0.230 e. The van der Waals surface area contributed by atoms with Crippen LogP contribution in [0, 0.1) is 5.92 Å². The number of aromatic amines is 1. The molecule has 110 valence electrons. The summed E-state index contributed by atoms with van der Waals surface area (Å²) in [6.45, 7) is 0.824. The molecule has 2 heterocycles. The second-order valence-electron chi connectivity index (χ2n) is 5.64. The predicted molar refractivity (Wildman–Crippen MR) is 83.8 cm³/mol. The molecule has 5 heteroatoms. The van der Waals surface area contributed by atoms with Crippen LogP contribution in [0.5, 0.6) is 0 Å². The maximum absolute atomic E-state index is 12.8. The fourth-order valence-electron chi connectivity index (χ4n) is 3.40. The zero-order chi connectivity index (χ0) is 13.5. The Morgan fingerprint density at radius 2 is 2.14 bits per heavy atom. The van der Waals surface area contributed by atoms with E-state index in [0.717, 1.165) is 49.3 Å². The van der Waals surface area contributed by atoms with Crippen LogP contribution in [0.2, 0.25) is 0 Å². The van der Waals surface area contributed by atoms with Gasteiger partial charge in [-0.1, -0.05) is 18.2 Å². The summed E-state index contributed by atoms with van der Waals surface area (Å²) in [6.07, 6.45) is 5.33. The third-order valence-corrected chi connectivity index (χ3v) is 4.49. The summed E-state index contributed by atoms with van der Waals surface area (Å²) < 4.78 is 0. The summed E-state index contributed by atoms with van der Waals surface area (Å²) in [4.78, 5) is 22.2. The third kappa shape index (κ3) is 2.33. The minimum atomic E-state index is 0. The number of benzene rings is 1. The van der Waals surface area contributed by atoms with E-state index in [2.05, 4.69) is 22.1 Å². The van der Waals surface area contributed by atoms with Crippen molar-refractivity contribution >= 4 is 24.0 Å². The summed E-state index contributed by atoms with van der Waals surface area (Å²) in [5.41, 5.74) is 4.67. The van der Waals surface area contributed by atoms with Crippen molar-refractivity contribution in [3.05, 3.63) is 47.5 Å². The summed E-state index contributed by atoms with van der Waals surface area (Å²) in [6, 6.07) is 8.24. The average molecular weight is 304 g/mol. The minimum Gasteiger partial charge on any atom is -0.348 e. The van der Waals surface area contributed by atoms with Crippen molar-refractivity contribution in [2.75, 3.05) is 11.4 Å². The van der Waals surface area contributed by atoms with Gasteiger partial charge in [0, 0.05) is 30.3 Å². The van der Waals surface area contributed by atoms with Crippen LogP contribution in [0.4, 0.5) is 5.69 Å². The van der Waals surface area contributed by atoms with Gasteiger partial charge in [-0.2, -0.15) is 0 Å². The van der Waals surface area contributed by atoms with E-state index in [9.17, 15) is 4.79 Å². The molecule has 1 aromatic carbocycles. The number of rotatable bonds is 1. The van der Waals surface area contributed by atoms with Gasteiger partial charge in [-0.05, 0) is 30.9 Å². The second kappa shape index (κ2) is 5.53. The Hall–Kier alpha value is -1.81. The lowest BCUT2D eigenvalue weighted by Crippen LogP contribution is -2.37. The standard InChI is InChI=1S/C16H17N3O.ClH/c20-16(12-5-6-13-14(9-12)18-10-17-13)19-8-7-11-3-1-2-4-15(11)19;/h1-4,10,12H,5-9H2,(H,17,18);1H/t12-;/m1./s1. The maximum Gasteiger partial charge on any atom is 0.230 e. The molecule has 0 unspecified atom stereocenters. The topological polar surface area (TPSA) is 49.0 Å². The zero-order valence-corrected chi connectivity index (χ0v) is 12.5. The van der Waals surface area contributed by atoms with E-state index < -0.39 is 0 Å². The summed E-state index contributed by atoms with van der Waals surface area (Å²) in [5.74, 6) is 0.365. The van der Waals surface area contributed by atoms with Crippen molar-refractivity contribution < 1.29 is 4.79 Å². The SMILES string of the molecule is Cl.O=C([C@@H]1CCc2nc[nH]c2C1)N1CCc2ccccc21. The lowest BCUT2D eigenvalue weighted by atomic mass is 9.88. The number of anilines is 1. The van der Waals surface area contributed by atoms with Gasteiger partial charge in [0.15, 0.2) is 0 Å². The molecular weight excluding hydrogens is 286 g/mol. The molecule has 4 nitrogen and oxygen atoms in total. The van der Waals surface area contributed by atoms with Crippen LogP contribution in [-0.4, -0.2) is 22.4 Å². The number of hydrogen-bond donors (Lipinski definition) is 1. The van der Waals surface area contributed by atoms with E-state index in [4.69, 9.17) is 0 Å². The molecule has 0 spiro atoms. The van der Waals surface area contributed by atoms with Gasteiger partial charge in [0.05, 0.1) is 12.0 Å². The van der Waals surface area contributed by atoms with Crippen LogP contribution in [-0.2, 0) is 24.1 Å². The number of carbonyl (C=O) groups excluding carboxylic acids is 1. The lowest BCUT2D eigenvalue weighted by Gasteiger charge is -2.26. The van der Waals surface area contributed by atoms with Gasteiger partial charge in [-0.15, -0.1) is 12.4 Å².